The summed E-state index contributed by atoms with van der Waals surface area (Å²) < 4.78 is 0. The van der Waals surface area contributed by atoms with Crippen molar-refractivity contribution in [2.75, 3.05) is 26.2 Å². The van der Waals surface area contributed by atoms with Gasteiger partial charge in [0.05, 0.1) is 0 Å². The van der Waals surface area contributed by atoms with E-state index in [0.29, 0.717) is 6.04 Å². The Labute approximate surface area is 140 Å². The molecule has 1 fully saturated rings. The Balaban J connectivity index is 1.91. The first-order valence-corrected chi connectivity index (χ1v) is 8.63. The van der Waals surface area contributed by atoms with Crippen molar-refractivity contribution < 1.29 is 4.79 Å². The zero-order chi connectivity index (χ0) is 17.0. The van der Waals surface area contributed by atoms with Gasteiger partial charge in [-0.25, -0.2) is 0 Å². The minimum Gasteiger partial charge on any atom is -0.336 e. The highest BCUT2D eigenvalue weighted by atomic mass is 16.2. The number of hydrogen-bond donors (Lipinski definition) is 1. The van der Waals surface area contributed by atoms with Gasteiger partial charge in [0.15, 0.2) is 0 Å². The van der Waals surface area contributed by atoms with Gasteiger partial charge in [0.2, 0.25) is 0 Å². The number of carbonyl (C=O) groups is 1. The van der Waals surface area contributed by atoms with E-state index < -0.39 is 0 Å². The molecule has 0 spiro atoms. The zero-order valence-corrected chi connectivity index (χ0v) is 15.2. The fourth-order valence-corrected chi connectivity index (χ4v) is 2.76. The molecular formula is C19H31N3O. The average Bonchev–Trinajstić information content (AvgIpc) is 2.52. The Morgan fingerprint density at radius 1 is 1.09 bits per heavy atom. The van der Waals surface area contributed by atoms with Crippen molar-refractivity contribution in [1.82, 2.24) is 15.1 Å². The third-order valence-electron chi connectivity index (χ3n) is 4.36. The molecule has 23 heavy (non-hydrogen) atoms. The second kappa shape index (κ2) is 7.45. The second-order valence-electron chi connectivity index (χ2n) is 7.72. The minimum atomic E-state index is 0.102. The average molecular weight is 317 g/mol. The Hall–Kier alpha value is -1.39. The Bertz CT molecular complexity index is 508. The van der Waals surface area contributed by atoms with E-state index in [2.05, 4.69) is 57.0 Å². The number of amides is 1. The standard InChI is InChI=1S/C19H31N3O/c1-15(2)21-10-12-22(13-11-21)18(23)17-8-6-16(7-9-17)14-20-19(3,4)5/h6-9,15,20H,10-14H2,1-5H3. The molecule has 128 valence electrons. The van der Waals surface area contributed by atoms with Gasteiger partial charge in [0.25, 0.3) is 5.91 Å². The zero-order valence-electron chi connectivity index (χ0n) is 15.2. The highest BCUT2D eigenvalue weighted by molar-refractivity contribution is 5.94. The van der Waals surface area contributed by atoms with Crippen LogP contribution in [0, 0.1) is 0 Å². The number of carbonyl (C=O) groups excluding carboxylic acids is 1. The van der Waals surface area contributed by atoms with Gasteiger partial charge >= 0.3 is 0 Å². The molecule has 0 saturated carbocycles. The van der Waals surface area contributed by atoms with Crippen molar-refractivity contribution in [3.05, 3.63) is 35.4 Å². The van der Waals surface area contributed by atoms with Crippen LogP contribution in [0.1, 0.15) is 50.5 Å². The maximum absolute atomic E-state index is 12.6. The van der Waals surface area contributed by atoms with Crippen molar-refractivity contribution in [1.29, 1.82) is 0 Å². The highest BCUT2D eigenvalue weighted by Crippen LogP contribution is 2.12. The number of piperazine rings is 1. The van der Waals surface area contributed by atoms with Crippen molar-refractivity contribution >= 4 is 5.91 Å². The lowest BCUT2D eigenvalue weighted by Gasteiger charge is -2.37. The number of hydrogen-bond acceptors (Lipinski definition) is 3. The van der Waals surface area contributed by atoms with Gasteiger partial charge in [-0.3, -0.25) is 9.69 Å². The lowest BCUT2D eigenvalue weighted by atomic mass is 10.1. The molecule has 1 aromatic carbocycles. The molecule has 4 heteroatoms. The predicted octanol–water partition coefficient (Wildman–Crippen LogP) is 2.74. The summed E-state index contributed by atoms with van der Waals surface area (Å²) in [5.41, 5.74) is 2.11. The summed E-state index contributed by atoms with van der Waals surface area (Å²) >= 11 is 0. The quantitative estimate of drug-likeness (QED) is 0.927. The molecule has 1 aliphatic heterocycles. The fourth-order valence-electron chi connectivity index (χ4n) is 2.76. The molecule has 1 amide bonds. The van der Waals surface area contributed by atoms with Gasteiger partial charge in [0, 0.05) is 49.9 Å². The topological polar surface area (TPSA) is 35.6 Å². The second-order valence-corrected chi connectivity index (χ2v) is 7.72. The molecule has 0 aromatic heterocycles. The molecule has 0 unspecified atom stereocenters. The SMILES string of the molecule is CC(C)N1CCN(C(=O)c2ccc(CNC(C)(C)C)cc2)CC1. The van der Waals surface area contributed by atoms with Gasteiger partial charge in [-0.05, 0) is 52.3 Å². The minimum absolute atomic E-state index is 0.102. The maximum atomic E-state index is 12.6. The van der Waals surface area contributed by atoms with Crippen molar-refractivity contribution in [3.63, 3.8) is 0 Å². The summed E-state index contributed by atoms with van der Waals surface area (Å²) in [5, 5.41) is 3.46. The van der Waals surface area contributed by atoms with Gasteiger partial charge in [0.1, 0.15) is 0 Å². The summed E-state index contributed by atoms with van der Waals surface area (Å²) in [6.07, 6.45) is 0. The van der Waals surface area contributed by atoms with Gasteiger partial charge in [-0.2, -0.15) is 0 Å². The highest BCUT2D eigenvalue weighted by Gasteiger charge is 2.23. The number of nitrogens with one attached hydrogen (secondary N) is 1. The van der Waals surface area contributed by atoms with Crippen LogP contribution in [0.2, 0.25) is 0 Å². The largest absolute Gasteiger partial charge is 0.336 e. The molecule has 4 nitrogen and oxygen atoms in total. The molecule has 0 bridgehead atoms. The first-order chi connectivity index (χ1) is 10.8. The summed E-state index contributed by atoms with van der Waals surface area (Å²) in [5.74, 6) is 0.156. The predicted molar refractivity (Wildman–Crippen MR) is 95.6 cm³/mol. The van der Waals surface area contributed by atoms with Crippen molar-refractivity contribution in [3.8, 4) is 0 Å². The molecular weight excluding hydrogens is 286 g/mol. The van der Waals surface area contributed by atoms with E-state index in [1.54, 1.807) is 0 Å². The summed E-state index contributed by atoms with van der Waals surface area (Å²) in [6, 6.07) is 8.57. The molecule has 2 rings (SSSR count). The van der Waals surface area contributed by atoms with E-state index in [1.807, 2.05) is 17.0 Å². The van der Waals surface area contributed by atoms with Crippen molar-refractivity contribution in [2.24, 2.45) is 0 Å². The van der Waals surface area contributed by atoms with E-state index in [0.717, 1.165) is 38.3 Å². The van der Waals surface area contributed by atoms with Crippen LogP contribution in [0.3, 0.4) is 0 Å². The fraction of sp³-hybridized carbons (Fsp3) is 0.632. The lowest BCUT2D eigenvalue weighted by Crippen LogP contribution is -2.50. The third kappa shape index (κ3) is 5.33. The molecule has 0 radical (unpaired) electrons. The molecule has 1 heterocycles. The van der Waals surface area contributed by atoms with Gasteiger partial charge in [-0.1, -0.05) is 12.1 Å². The van der Waals surface area contributed by atoms with Crippen LogP contribution in [0.15, 0.2) is 24.3 Å². The molecule has 0 aliphatic carbocycles. The number of nitrogens with zero attached hydrogens (tertiary/aromatic N) is 2. The number of rotatable bonds is 4. The van der Waals surface area contributed by atoms with Crippen LogP contribution in [0.5, 0.6) is 0 Å². The third-order valence-corrected chi connectivity index (χ3v) is 4.36. The first kappa shape index (κ1) is 18.0. The van der Waals surface area contributed by atoms with Crippen LogP contribution >= 0.6 is 0 Å². The van der Waals surface area contributed by atoms with E-state index in [4.69, 9.17) is 0 Å². The smallest absolute Gasteiger partial charge is 0.253 e. The van der Waals surface area contributed by atoms with Crippen LogP contribution in [0.25, 0.3) is 0 Å². The lowest BCUT2D eigenvalue weighted by molar-refractivity contribution is 0.0595. The van der Waals surface area contributed by atoms with Crippen LogP contribution in [-0.4, -0.2) is 53.5 Å². The normalized spacial score (nSPS) is 16.9. The monoisotopic (exact) mass is 317 g/mol. The van der Waals surface area contributed by atoms with Crippen molar-refractivity contribution in [2.45, 2.75) is 52.7 Å². The summed E-state index contributed by atoms with van der Waals surface area (Å²) in [6.45, 7) is 15.3. The van der Waals surface area contributed by atoms with E-state index >= 15 is 0 Å². The van der Waals surface area contributed by atoms with E-state index in [-0.39, 0.29) is 11.4 Å². The number of benzene rings is 1. The first-order valence-electron chi connectivity index (χ1n) is 8.63. The van der Waals surface area contributed by atoms with E-state index in [9.17, 15) is 4.79 Å². The molecule has 1 aliphatic rings. The van der Waals surface area contributed by atoms with E-state index in [1.165, 1.54) is 5.56 Å². The molecule has 1 saturated heterocycles. The maximum Gasteiger partial charge on any atom is 0.253 e. The van der Waals surface area contributed by atoms with Crippen LogP contribution in [0.4, 0.5) is 0 Å². The molecule has 1 N–H and O–H groups in total. The molecule has 0 atom stereocenters. The van der Waals surface area contributed by atoms with Crippen LogP contribution in [-0.2, 0) is 6.54 Å². The van der Waals surface area contributed by atoms with Gasteiger partial charge < -0.3 is 10.2 Å². The van der Waals surface area contributed by atoms with Gasteiger partial charge in [-0.15, -0.1) is 0 Å². The molecule has 1 aromatic rings. The Morgan fingerprint density at radius 3 is 2.13 bits per heavy atom. The van der Waals surface area contributed by atoms with Crippen LogP contribution < -0.4 is 5.32 Å². The Morgan fingerprint density at radius 2 is 1.65 bits per heavy atom. The summed E-state index contributed by atoms with van der Waals surface area (Å²) in [4.78, 5) is 17.0. The summed E-state index contributed by atoms with van der Waals surface area (Å²) in [7, 11) is 0. The Kier molecular flexibility index (Phi) is 5.82.